The molecule has 0 fully saturated rings. The van der Waals surface area contributed by atoms with Crippen molar-refractivity contribution >= 4 is 17.7 Å². The summed E-state index contributed by atoms with van der Waals surface area (Å²) in [5.41, 5.74) is 10.4. The van der Waals surface area contributed by atoms with Gasteiger partial charge in [-0.3, -0.25) is 14.4 Å². The summed E-state index contributed by atoms with van der Waals surface area (Å²) in [6.45, 7) is 4.13. The lowest BCUT2D eigenvalue weighted by molar-refractivity contribution is -0.142. The number of likely N-dealkylation sites (N-methyl/N-ethyl adjacent to an activating group) is 2. The van der Waals surface area contributed by atoms with Crippen LogP contribution < -0.4 is 11.1 Å². The largest absolute Gasteiger partial charge is 0.396 e. The van der Waals surface area contributed by atoms with Crippen LogP contribution in [0.4, 0.5) is 0 Å². The smallest absolute Gasteiger partial charge is 0.254 e. The third kappa shape index (κ3) is 9.37. The molecule has 4 N–H and O–H groups in total. The zero-order chi connectivity index (χ0) is 34.0. The molecule has 0 saturated carbocycles. The fourth-order valence-corrected chi connectivity index (χ4v) is 5.39. The number of hydrogen-bond donors (Lipinski definition) is 3. The molecule has 0 aromatic heterocycles. The predicted molar refractivity (Wildman–Crippen MR) is 186 cm³/mol. The molecule has 0 aliphatic rings. The van der Waals surface area contributed by atoms with E-state index in [-0.39, 0.29) is 50.3 Å². The topological polar surface area (TPSA) is 116 Å². The van der Waals surface area contributed by atoms with E-state index >= 15 is 0 Å². The van der Waals surface area contributed by atoms with Crippen molar-refractivity contribution in [3.63, 3.8) is 0 Å². The Morgan fingerprint density at radius 3 is 1.89 bits per heavy atom. The quantitative estimate of drug-likeness (QED) is 0.186. The maximum absolute atomic E-state index is 14.5. The Balaban J connectivity index is 1.67. The van der Waals surface area contributed by atoms with Crippen LogP contribution in [0, 0.1) is 5.41 Å². The fourth-order valence-electron chi connectivity index (χ4n) is 5.39. The number of carbonyl (C=O) groups is 3. The van der Waals surface area contributed by atoms with E-state index in [1.54, 1.807) is 32.3 Å². The summed E-state index contributed by atoms with van der Waals surface area (Å²) in [4.78, 5) is 45.0. The Kier molecular flexibility index (Phi) is 12.1. The molecule has 4 rings (SSSR count). The first-order valence-corrected chi connectivity index (χ1v) is 15.9. The van der Waals surface area contributed by atoms with Gasteiger partial charge in [-0.2, -0.15) is 0 Å². The highest BCUT2D eigenvalue weighted by Crippen LogP contribution is 2.22. The number of hydrogen-bond acceptors (Lipinski definition) is 5. The average Bonchev–Trinajstić information content (AvgIpc) is 3.11. The van der Waals surface area contributed by atoms with Gasteiger partial charge in [-0.1, -0.05) is 111 Å². The molecule has 4 aromatic rings. The highest BCUT2D eigenvalue weighted by atomic mass is 16.3. The third-order valence-corrected chi connectivity index (χ3v) is 8.53. The Morgan fingerprint density at radius 1 is 0.723 bits per heavy atom. The van der Waals surface area contributed by atoms with Crippen LogP contribution in [0.5, 0.6) is 0 Å². The zero-order valence-corrected chi connectivity index (χ0v) is 27.7. The van der Waals surface area contributed by atoms with Crippen LogP contribution >= 0.6 is 0 Å². The van der Waals surface area contributed by atoms with Crippen molar-refractivity contribution < 1.29 is 19.5 Å². The Hall–Kier alpha value is -4.79. The molecule has 8 nitrogen and oxygen atoms in total. The van der Waals surface area contributed by atoms with Crippen molar-refractivity contribution in [2.24, 2.45) is 11.1 Å². The lowest BCUT2D eigenvalue weighted by Gasteiger charge is -2.35. The van der Waals surface area contributed by atoms with Crippen molar-refractivity contribution in [1.29, 1.82) is 0 Å². The van der Waals surface area contributed by atoms with Crippen LogP contribution in [0.3, 0.4) is 0 Å². The molecule has 8 heteroatoms. The number of rotatable bonds is 14. The van der Waals surface area contributed by atoms with E-state index in [1.807, 2.05) is 105 Å². The predicted octanol–water partition coefficient (Wildman–Crippen LogP) is 4.70. The van der Waals surface area contributed by atoms with Gasteiger partial charge in [-0.25, -0.2) is 0 Å². The van der Waals surface area contributed by atoms with Crippen LogP contribution in [0.25, 0.3) is 11.1 Å². The number of nitrogens with one attached hydrogen (secondary N) is 1. The van der Waals surface area contributed by atoms with Crippen molar-refractivity contribution in [2.45, 2.75) is 45.3 Å². The van der Waals surface area contributed by atoms with E-state index in [4.69, 9.17) is 5.73 Å². The van der Waals surface area contributed by atoms with Crippen LogP contribution in [-0.4, -0.2) is 72.0 Å². The van der Waals surface area contributed by atoms with E-state index < -0.39 is 17.5 Å². The molecule has 4 aromatic carbocycles. The molecule has 3 amide bonds. The van der Waals surface area contributed by atoms with E-state index in [0.717, 1.165) is 27.8 Å². The number of amides is 3. The average molecular weight is 635 g/mol. The van der Waals surface area contributed by atoms with Crippen LogP contribution in [0.2, 0.25) is 0 Å². The monoisotopic (exact) mass is 634 g/mol. The molecule has 0 bridgehead atoms. The summed E-state index contributed by atoms with van der Waals surface area (Å²) in [6.07, 6.45) is 0.525. The molecule has 0 spiro atoms. The summed E-state index contributed by atoms with van der Waals surface area (Å²) >= 11 is 0. The molecule has 0 heterocycles. The minimum Gasteiger partial charge on any atom is -0.396 e. The molecule has 2 atom stereocenters. The molecule has 0 saturated heterocycles. The summed E-state index contributed by atoms with van der Waals surface area (Å²) in [5, 5.41) is 12.7. The SMILES string of the molecule is CN(C(=O)c1cccc(CN)c1)[C@H](Cc1ccc(-c2ccccc2)cc1)C(=O)N(C)[C@H](Cc1ccccc1)C(=O)NCC(C)(C)CO. The van der Waals surface area contributed by atoms with Crippen LogP contribution in [0.15, 0.2) is 109 Å². The summed E-state index contributed by atoms with van der Waals surface area (Å²) in [5.74, 6) is -1.01. The van der Waals surface area contributed by atoms with Gasteiger partial charge in [-0.15, -0.1) is 0 Å². The molecular formula is C39H46N4O4. The Labute approximate surface area is 278 Å². The second-order valence-electron chi connectivity index (χ2n) is 12.8. The summed E-state index contributed by atoms with van der Waals surface area (Å²) in [7, 11) is 3.24. The van der Waals surface area contributed by atoms with Crippen molar-refractivity contribution in [3.8, 4) is 11.1 Å². The lowest BCUT2D eigenvalue weighted by Crippen LogP contribution is -2.56. The molecule has 246 valence electrons. The summed E-state index contributed by atoms with van der Waals surface area (Å²) < 4.78 is 0. The van der Waals surface area contributed by atoms with Crippen LogP contribution in [0.1, 0.15) is 40.9 Å². The molecule has 0 aliphatic carbocycles. The van der Waals surface area contributed by atoms with Gasteiger partial charge < -0.3 is 26.0 Å². The number of carbonyl (C=O) groups excluding carboxylic acids is 3. The molecule has 0 radical (unpaired) electrons. The maximum atomic E-state index is 14.5. The second kappa shape index (κ2) is 16.2. The van der Waals surface area contributed by atoms with Crippen molar-refractivity contribution in [3.05, 3.63) is 131 Å². The second-order valence-corrected chi connectivity index (χ2v) is 12.8. The van der Waals surface area contributed by atoms with E-state index in [1.165, 1.54) is 9.80 Å². The van der Waals surface area contributed by atoms with Gasteiger partial charge in [0.25, 0.3) is 5.91 Å². The minimum atomic E-state index is -0.906. The highest BCUT2D eigenvalue weighted by molar-refractivity contribution is 5.98. The van der Waals surface area contributed by atoms with Gasteiger partial charge in [0.05, 0.1) is 0 Å². The molecule has 47 heavy (non-hydrogen) atoms. The van der Waals surface area contributed by atoms with Crippen LogP contribution in [-0.2, 0) is 29.0 Å². The van der Waals surface area contributed by atoms with Crippen molar-refractivity contribution in [2.75, 3.05) is 27.2 Å². The number of benzene rings is 4. The number of aliphatic hydroxyl groups excluding tert-OH is 1. The van der Waals surface area contributed by atoms with E-state index in [0.29, 0.717) is 5.56 Å². The molecule has 0 aliphatic heterocycles. The molecule has 0 unspecified atom stereocenters. The fraction of sp³-hybridized carbons (Fsp3) is 0.308. The first-order chi connectivity index (χ1) is 22.5. The Morgan fingerprint density at radius 2 is 1.28 bits per heavy atom. The van der Waals surface area contributed by atoms with Gasteiger partial charge in [-0.05, 0) is 39.9 Å². The zero-order valence-electron chi connectivity index (χ0n) is 27.7. The number of nitrogens with two attached hydrogens (primary N) is 1. The number of nitrogens with zero attached hydrogens (tertiary/aromatic N) is 2. The first-order valence-electron chi connectivity index (χ1n) is 15.9. The van der Waals surface area contributed by atoms with Gasteiger partial charge in [0.15, 0.2) is 0 Å². The first kappa shape index (κ1) is 35.1. The maximum Gasteiger partial charge on any atom is 0.254 e. The van der Waals surface area contributed by atoms with E-state index in [9.17, 15) is 19.5 Å². The summed E-state index contributed by atoms with van der Waals surface area (Å²) in [6, 6.07) is 32.8. The molecular weight excluding hydrogens is 588 g/mol. The standard InChI is InChI=1S/C39H46N4O4/c1-39(2,27-44)26-41-36(45)34(23-28-12-7-5-8-13-28)42(3)38(47)35(43(4)37(46)33-17-11-14-30(22-33)25-40)24-29-18-20-32(21-19-29)31-15-9-6-10-16-31/h5-22,34-35,44H,23-27,40H2,1-4H3,(H,41,45)/t34-,35-/m1/s1. The van der Waals surface area contributed by atoms with E-state index in [2.05, 4.69) is 5.32 Å². The van der Waals surface area contributed by atoms with Gasteiger partial charge in [0, 0.05) is 57.6 Å². The Bertz CT molecular complexity index is 1620. The van der Waals surface area contributed by atoms with Gasteiger partial charge in [0.1, 0.15) is 12.1 Å². The normalized spacial score (nSPS) is 12.6. The lowest BCUT2D eigenvalue weighted by atomic mass is 9.94. The third-order valence-electron chi connectivity index (χ3n) is 8.53. The van der Waals surface area contributed by atoms with Crippen molar-refractivity contribution in [1.82, 2.24) is 15.1 Å². The number of aliphatic hydroxyl groups is 1. The minimum absolute atomic E-state index is 0.102. The van der Waals surface area contributed by atoms with Gasteiger partial charge >= 0.3 is 0 Å². The highest BCUT2D eigenvalue weighted by Gasteiger charge is 2.36. The van der Waals surface area contributed by atoms with Gasteiger partial charge in [0.2, 0.25) is 11.8 Å².